The summed E-state index contributed by atoms with van der Waals surface area (Å²) in [7, 11) is 0. The van der Waals surface area contributed by atoms with Gasteiger partial charge < -0.3 is 10.0 Å². The van der Waals surface area contributed by atoms with Crippen molar-refractivity contribution in [3.63, 3.8) is 0 Å². The number of aliphatic hydroxyl groups excluding tert-OH is 1. The number of hydrogen-bond donors (Lipinski definition) is 1. The van der Waals surface area contributed by atoms with Gasteiger partial charge in [0.25, 0.3) is 5.91 Å². The molecule has 1 aliphatic heterocycles. The summed E-state index contributed by atoms with van der Waals surface area (Å²) in [5, 5.41) is 9.40. The molecule has 1 amide bonds. The number of aromatic nitrogens is 1. The number of pyridine rings is 1. The number of hydrogen-bond acceptors (Lipinski definition) is 3. The van der Waals surface area contributed by atoms with Crippen molar-refractivity contribution in [2.75, 3.05) is 13.2 Å². The molecule has 1 aliphatic rings. The second-order valence-corrected chi connectivity index (χ2v) is 4.96. The maximum atomic E-state index is 12.3. The lowest BCUT2D eigenvalue weighted by molar-refractivity contribution is 0.0718. The maximum Gasteiger partial charge on any atom is 0.272 e. The highest BCUT2D eigenvalue weighted by Crippen LogP contribution is 2.23. The van der Waals surface area contributed by atoms with Crippen LogP contribution in [0.4, 0.5) is 0 Å². The van der Waals surface area contributed by atoms with Gasteiger partial charge in [0, 0.05) is 25.4 Å². The van der Waals surface area contributed by atoms with E-state index in [1.807, 2.05) is 4.90 Å². The minimum atomic E-state index is -0.0351. The van der Waals surface area contributed by atoms with Gasteiger partial charge in [0.1, 0.15) is 5.69 Å². The van der Waals surface area contributed by atoms with Crippen molar-refractivity contribution in [3.8, 4) is 0 Å². The first-order chi connectivity index (χ1) is 8.72. The van der Waals surface area contributed by atoms with E-state index in [-0.39, 0.29) is 18.6 Å². The quantitative estimate of drug-likeness (QED) is 0.910. The van der Waals surface area contributed by atoms with Gasteiger partial charge in [-0.2, -0.15) is 0 Å². The Kier molecular flexibility index (Phi) is 4.55. The van der Waals surface area contributed by atoms with E-state index in [2.05, 4.69) is 4.98 Å². The van der Waals surface area contributed by atoms with Crippen molar-refractivity contribution in [1.29, 1.82) is 0 Å². The van der Waals surface area contributed by atoms with Crippen LogP contribution in [0.25, 0.3) is 0 Å². The number of carbonyl (C=O) groups excluding carboxylic acids is 1. The number of rotatable bonds is 4. The van der Waals surface area contributed by atoms with Crippen molar-refractivity contribution in [3.05, 3.63) is 29.0 Å². The molecule has 0 radical (unpaired) electrons. The van der Waals surface area contributed by atoms with E-state index in [9.17, 15) is 4.79 Å². The molecule has 1 aromatic rings. The predicted molar refractivity (Wildman–Crippen MR) is 69.6 cm³/mol. The van der Waals surface area contributed by atoms with Crippen molar-refractivity contribution in [2.45, 2.75) is 31.7 Å². The Labute approximate surface area is 112 Å². The summed E-state index contributed by atoms with van der Waals surface area (Å²) in [5.74, 6) is -0.0351. The molecule has 0 aromatic carbocycles. The molecule has 98 valence electrons. The SMILES string of the molecule is O=C(c1ccc(Cl)cn1)N1CCCC1CCCO. The highest BCUT2D eigenvalue weighted by Gasteiger charge is 2.29. The lowest BCUT2D eigenvalue weighted by atomic mass is 10.1. The number of likely N-dealkylation sites (tertiary alicyclic amines) is 1. The summed E-state index contributed by atoms with van der Waals surface area (Å²) >= 11 is 5.76. The third-order valence-electron chi connectivity index (χ3n) is 3.28. The Bertz CT molecular complexity index is 408. The van der Waals surface area contributed by atoms with Gasteiger partial charge in [-0.15, -0.1) is 0 Å². The third-order valence-corrected chi connectivity index (χ3v) is 3.50. The van der Waals surface area contributed by atoms with Crippen LogP contribution in [0.3, 0.4) is 0 Å². The predicted octanol–water partition coefficient (Wildman–Crippen LogP) is 2.11. The molecule has 4 nitrogen and oxygen atoms in total. The van der Waals surface area contributed by atoms with Crippen LogP contribution in [0.1, 0.15) is 36.2 Å². The third kappa shape index (κ3) is 3.00. The van der Waals surface area contributed by atoms with Gasteiger partial charge in [-0.05, 0) is 37.8 Å². The summed E-state index contributed by atoms with van der Waals surface area (Å²) in [4.78, 5) is 18.2. The average molecular weight is 269 g/mol. The lowest BCUT2D eigenvalue weighted by Crippen LogP contribution is -2.36. The molecule has 2 heterocycles. The van der Waals surface area contributed by atoms with E-state index >= 15 is 0 Å². The van der Waals surface area contributed by atoms with Gasteiger partial charge in [0.15, 0.2) is 0 Å². The highest BCUT2D eigenvalue weighted by molar-refractivity contribution is 6.30. The van der Waals surface area contributed by atoms with Crippen molar-refractivity contribution in [2.24, 2.45) is 0 Å². The Morgan fingerprint density at radius 2 is 2.39 bits per heavy atom. The fourth-order valence-corrected chi connectivity index (χ4v) is 2.49. The Morgan fingerprint density at radius 3 is 3.06 bits per heavy atom. The molecule has 0 saturated carbocycles. The monoisotopic (exact) mass is 268 g/mol. The molecule has 1 unspecified atom stereocenters. The van der Waals surface area contributed by atoms with Crippen LogP contribution in [0.2, 0.25) is 5.02 Å². The van der Waals surface area contributed by atoms with Crippen molar-refractivity contribution < 1.29 is 9.90 Å². The normalized spacial score (nSPS) is 19.2. The number of carbonyl (C=O) groups is 1. The van der Waals surface area contributed by atoms with E-state index in [0.717, 1.165) is 32.2 Å². The molecule has 1 saturated heterocycles. The highest BCUT2D eigenvalue weighted by atomic mass is 35.5. The topological polar surface area (TPSA) is 53.4 Å². The first kappa shape index (κ1) is 13.3. The standard InChI is InChI=1S/C13H17ClN2O2/c14-10-5-6-12(15-9-10)13(18)16-7-1-3-11(16)4-2-8-17/h5-6,9,11,17H,1-4,7-8H2. The zero-order valence-corrected chi connectivity index (χ0v) is 10.9. The smallest absolute Gasteiger partial charge is 0.272 e. The van der Waals surface area contributed by atoms with Crippen LogP contribution in [-0.2, 0) is 0 Å². The van der Waals surface area contributed by atoms with Gasteiger partial charge in [-0.3, -0.25) is 4.79 Å². The zero-order chi connectivity index (χ0) is 13.0. The van der Waals surface area contributed by atoms with E-state index in [1.165, 1.54) is 6.20 Å². The molecule has 2 rings (SSSR count). The van der Waals surface area contributed by atoms with Crippen LogP contribution in [0.5, 0.6) is 0 Å². The van der Waals surface area contributed by atoms with Crippen LogP contribution in [0, 0.1) is 0 Å². The molecule has 1 N–H and O–H groups in total. The molecular weight excluding hydrogens is 252 g/mol. The maximum absolute atomic E-state index is 12.3. The number of aliphatic hydroxyl groups is 1. The second-order valence-electron chi connectivity index (χ2n) is 4.52. The van der Waals surface area contributed by atoms with E-state index in [0.29, 0.717) is 10.7 Å². The Morgan fingerprint density at radius 1 is 1.56 bits per heavy atom. The molecule has 0 aliphatic carbocycles. The van der Waals surface area contributed by atoms with Crippen molar-refractivity contribution >= 4 is 17.5 Å². The van der Waals surface area contributed by atoms with E-state index in [1.54, 1.807) is 12.1 Å². The fourth-order valence-electron chi connectivity index (χ4n) is 2.38. The van der Waals surface area contributed by atoms with Crippen molar-refractivity contribution in [1.82, 2.24) is 9.88 Å². The van der Waals surface area contributed by atoms with Gasteiger partial charge >= 0.3 is 0 Å². The largest absolute Gasteiger partial charge is 0.396 e. The first-order valence-corrected chi connectivity index (χ1v) is 6.63. The molecule has 0 spiro atoms. The summed E-state index contributed by atoms with van der Waals surface area (Å²) < 4.78 is 0. The summed E-state index contributed by atoms with van der Waals surface area (Å²) in [6.45, 7) is 0.955. The van der Waals surface area contributed by atoms with Crippen LogP contribution < -0.4 is 0 Å². The Hall–Kier alpha value is -1.13. The van der Waals surface area contributed by atoms with Crippen LogP contribution >= 0.6 is 11.6 Å². The Balaban J connectivity index is 2.05. The minimum absolute atomic E-state index is 0.0351. The molecule has 1 aromatic heterocycles. The van der Waals surface area contributed by atoms with E-state index in [4.69, 9.17) is 16.7 Å². The molecule has 5 heteroatoms. The number of amides is 1. The summed E-state index contributed by atoms with van der Waals surface area (Å²) in [6.07, 6.45) is 5.13. The van der Waals surface area contributed by atoms with Gasteiger partial charge in [0.2, 0.25) is 0 Å². The zero-order valence-electron chi connectivity index (χ0n) is 10.2. The lowest BCUT2D eigenvalue weighted by Gasteiger charge is -2.24. The number of halogens is 1. The molecule has 1 fully saturated rings. The van der Waals surface area contributed by atoms with E-state index < -0.39 is 0 Å². The first-order valence-electron chi connectivity index (χ1n) is 6.26. The van der Waals surface area contributed by atoms with Gasteiger partial charge in [-0.1, -0.05) is 11.6 Å². The number of nitrogens with zero attached hydrogens (tertiary/aromatic N) is 2. The molecule has 0 bridgehead atoms. The fraction of sp³-hybridized carbons (Fsp3) is 0.538. The van der Waals surface area contributed by atoms with Gasteiger partial charge in [0.05, 0.1) is 5.02 Å². The molecule has 1 atom stereocenters. The average Bonchev–Trinajstić information content (AvgIpc) is 2.84. The summed E-state index contributed by atoms with van der Waals surface area (Å²) in [6, 6.07) is 3.58. The minimum Gasteiger partial charge on any atom is -0.396 e. The second kappa shape index (κ2) is 6.16. The van der Waals surface area contributed by atoms with Crippen LogP contribution in [0.15, 0.2) is 18.3 Å². The summed E-state index contributed by atoms with van der Waals surface area (Å²) in [5.41, 5.74) is 0.440. The molecular formula is C13H17ClN2O2. The van der Waals surface area contributed by atoms with Crippen LogP contribution in [-0.4, -0.2) is 40.1 Å². The molecule has 18 heavy (non-hydrogen) atoms. The van der Waals surface area contributed by atoms with Gasteiger partial charge in [-0.25, -0.2) is 4.98 Å².